The molecule has 0 aliphatic heterocycles. The molecule has 0 radical (unpaired) electrons. The van der Waals surface area contributed by atoms with Gasteiger partial charge in [-0.05, 0) is 19.1 Å². The second kappa shape index (κ2) is 5.27. The molecule has 0 fully saturated rings. The number of amides is 1. The zero-order valence-corrected chi connectivity index (χ0v) is 8.78. The smallest absolute Gasteiger partial charge is 0.329 e. The van der Waals surface area contributed by atoms with Crippen molar-refractivity contribution in [1.29, 1.82) is 0 Å². The predicted molar refractivity (Wildman–Crippen MR) is 58.1 cm³/mol. The van der Waals surface area contributed by atoms with Crippen molar-refractivity contribution in [3.8, 4) is 0 Å². The molecule has 0 heterocycles. The van der Waals surface area contributed by atoms with Gasteiger partial charge in [0.05, 0.1) is 6.10 Å². The molecule has 2 atom stereocenters. The van der Waals surface area contributed by atoms with Crippen LogP contribution in [-0.2, 0) is 9.59 Å². The minimum atomic E-state index is -1.28. The summed E-state index contributed by atoms with van der Waals surface area (Å²) >= 11 is 0. The number of aliphatic hydroxyl groups excluding tert-OH is 1. The lowest BCUT2D eigenvalue weighted by atomic mass is 10.1. The Kier molecular flexibility index (Phi) is 4.02. The van der Waals surface area contributed by atoms with Crippen LogP contribution in [0.3, 0.4) is 0 Å². The number of carboxylic acid groups (broad SMARTS) is 1. The molecule has 0 saturated heterocycles. The maximum absolute atomic E-state index is 11.0. The van der Waals surface area contributed by atoms with Gasteiger partial charge in [0, 0.05) is 5.69 Å². The van der Waals surface area contributed by atoms with E-state index in [0.717, 1.165) is 4.90 Å². The van der Waals surface area contributed by atoms with E-state index in [1.54, 1.807) is 30.3 Å². The maximum Gasteiger partial charge on any atom is 0.329 e. The highest BCUT2D eigenvalue weighted by molar-refractivity contribution is 5.88. The van der Waals surface area contributed by atoms with Gasteiger partial charge in [-0.15, -0.1) is 0 Å². The molecule has 0 aliphatic carbocycles. The summed E-state index contributed by atoms with van der Waals surface area (Å²) in [5, 5.41) is 18.3. The Bertz CT molecular complexity index is 364. The summed E-state index contributed by atoms with van der Waals surface area (Å²) in [7, 11) is 0. The molecular weight excluding hydrogens is 210 g/mol. The van der Waals surface area contributed by atoms with E-state index in [1.807, 2.05) is 0 Å². The van der Waals surface area contributed by atoms with E-state index in [9.17, 15) is 14.7 Å². The lowest BCUT2D eigenvalue weighted by Crippen LogP contribution is -2.47. The van der Waals surface area contributed by atoms with Crippen LogP contribution in [0.2, 0.25) is 0 Å². The number of rotatable bonds is 5. The summed E-state index contributed by atoms with van der Waals surface area (Å²) in [5.41, 5.74) is 0.436. The van der Waals surface area contributed by atoms with Crippen LogP contribution in [0.25, 0.3) is 0 Å². The molecule has 5 heteroatoms. The standard InChI is InChI=1S/C11H13NO4/c1-8(14)10(11(15)16)12(7-13)9-5-3-2-4-6-9/h2-8,10,14H,1H3,(H,15,16)/t8-,10+/m1/s1. The molecule has 0 aromatic heterocycles. The van der Waals surface area contributed by atoms with Gasteiger partial charge in [-0.2, -0.15) is 0 Å². The molecule has 5 nitrogen and oxygen atoms in total. The highest BCUT2D eigenvalue weighted by Crippen LogP contribution is 2.16. The fraction of sp³-hybridized carbons (Fsp3) is 0.273. The summed E-state index contributed by atoms with van der Waals surface area (Å²) in [6.07, 6.45) is -0.746. The fourth-order valence-corrected chi connectivity index (χ4v) is 1.44. The van der Waals surface area contributed by atoms with Crippen molar-refractivity contribution in [2.24, 2.45) is 0 Å². The van der Waals surface area contributed by atoms with Gasteiger partial charge in [-0.1, -0.05) is 18.2 Å². The first-order chi connectivity index (χ1) is 7.57. The van der Waals surface area contributed by atoms with Crippen molar-refractivity contribution in [2.75, 3.05) is 4.90 Å². The number of anilines is 1. The Morgan fingerprint density at radius 1 is 1.38 bits per heavy atom. The van der Waals surface area contributed by atoms with Crippen LogP contribution < -0.4 is 4.90 Å². The Labute approximate surface area is 92.9 Å². The van der Waals surface area contributed by atoms with Crippen LogP contribution in [0.4, 0.5) is 5.69 Å². The highest BCUT2D eigenvalue weighted by atomic mass is 16.4. The van der Waals surface area contributed by atoms with Crippen LogP contribution >= 0.6 is 0 Å². The van der Waals surface area contributed by atoms with E-state index in [1.165, 1.54) is 6.92 Å². The first kappa shape index (κ1) is 12.2. The largest absolute Gasteiger partial charge is 0.480 e. The number of aliphatic carboxylic acids is 1. The second-order valence-electron chi connectivity index (χ2n) is 3.37. The first-order valence-electron chi connectivity index (χ1n) is 4.77. The van der Waals surface area contributed by atoms with Gasteiger partial charge in [-0.3, -0.25) is 9.69 Å². The van der Waals surface area contributed by atoms with Gasteiger partial charge in [0.25, 0.3) is 0 Å². The van der Waals surface area contributed by atoms with Crippen LogP contribution in [0.5, 0.6) is 0 Å². The third kappa shape index (κ3) is 2.58. The lowest BCUT2D eigenvalue weighted by Gasteiger charge is -2.26. The van der Waals surface area contributed by atoms with Gasteiger partial charge in [0.1, 0.15) is 0 Å². The molecule has 0 unspecified atom stereocenters. The number of aliphatic hydroxyl groups is 1. The third-order valence-corrected chi connectivity index (χ3v) is 2.18. The monoisotopic (exact) mass is 223 g/mol. The van der Waals surface area contributed by atoms with Gasteiger partial charge in [0.2, 0.25) is 6.41 Å². The number of carboxylic acids is 1. The minimum Gasteiger partial charge on any atom is -0.480 e. The summed E-state index contributed by atoms with van der Waals surface area (Å²) in [5.74, 6) is -1.24. The fourth-order valence-electron chi connectivity index (χ4n) is 1.44. The van der Waals surface area contributed by atoms with Gasteiger partial charge < -0.3 is 10.2 Å². The molecule has 86 valence electrons. The van der Waals surface area contributed by atoms with Gasteiger partial charge in [-0.25, -0.2) is 4.79 Å². The van der Waals surface area contributed by atoms with Crippen LogP contribution in [0.15, 0.2) is 30.3 Å². The average molecular weight is 223 g/mol. The molecule has 1 rings (SSSR count). The van der Waals surface area contributed by atoms with Crippen molar-refractivity contribution >= 4 is 18.1 Å². The Morgan fingerprint density at radius 3 is 2.31 bits per heavy atom. The topological polar surface area (TPSA) is 77.8 Å². The number of para-hydroxylation sites is 1. The zero-order valence-electron chi connectivity index (χ0n) is 8.78. The number of carbonyl (C=O) groups is 2. The Hall–Kier alpha value is -1.88. The minimum absolute atomic E-state index is 0.404. The highest BCUT2D eigenvalue weighted by Gasteiger charge is 2.30. The molecule has 0 aliphatic rings. The molecular formula is C11H13NO4. The van der Waals surface area contributed by atoms with Crippen molar-refractivity contribution in [3.05, 3.63) is 30.3 Å². The summed E-state index contributed by atoms with van der Waals surface area (Å²) in [6.45, 7) is 1.33. The van der Waals surface area contributed by atoms with E-state index < -0.39 is 18.1 Å². The van der Waals surface area contributed by atoms with Crippen LogP contribution in [-0.4, -0.2) is 34.7 Å². The van der Waals surface area contributed by atoms with Gasteiger partial charge >= 0.3 is 5.97 Å². The van der Waals surface area contributed by atoms with E-state index in [4.69, 9.17) is 5.11 Å². The SMILES string of the molecule is C[C@@H](O)[C@@H](C(=O)O)N(C=O)c1ccccc1. The number of nitrogens with zero attached hydrogens (tertiary/aromatic N) is 1. The van der Waals surface area contributed by atoms with Crippen molar-refractivity contribution in [1.82, 2.24) is 0 Å². The Morgan fingerprint density at radius 2 is 1.94 bits per heavy atom. The van der Waals surface area contributed by atoms with Crippen molar-refractivity contribution in [2.45, 2.75) is 19.1 Å². The van der Waals surface area contributed by atoms with E-state index in [-0.39, 0.29) is 0 Å². The summed E-state index contributed by atoms with van der Waals surface area (Å²) < 4.78 is 0. The first-order valence-corrected chi connectivity index (χ1v) is 4.77. The molecule has 0 saturated carbocycles. The molecule has 16 heavy (non-hydrogen) atoms. The van der Waals surface area contributed by atoms with E-state index in [0.29, 0.717) is 12.1 Å². The lowest BCUT2D eigenvalue weighted by molar-refractivity contribution is -0.141. The molecule has 0 spiro atoms. The van der Waals surface area contributed by atoms with Crippen LogP contribution in [0.1, 0.15) is 6.92 Å². The number of hydrogen-bond donors (Lipinski definition) is 2. The third-order valence-electron chi connectivity index (χ3n) is 2.18. The van der Waals surface area contributed by atoms with Crippen LogP contribution in [0, 0.1) is 0 Å². The number of hydrogen-bond acceptors (Lipinski definition) is 3. The summed E-state index contributed by atoms with van der Waals surface area (Å²) in [6, 6.07) is 7.06. The predicted octanol–water partition coefficient (Wildman–Crippen LogP) is 0.483. The molecule has 1 aromatic rings. The summed E-state index contributed by atoms with van der Waals surface area (Å²) in [4.78, 5) is 22.9. The van der Waals surface area contributed by atoms with Crippen molar-refractivity contribution < 1.29 is 19.8 Å². The quantitative estimate of drug-likeness (QED) is 0.712. The molecule has 2 N–H and O–H groups in total. The maximum atomic E-state index is 11.0. The number of carbonyl (C=O) groups excluding carboxylic acids is 1. The van der Waals surface area contributed by atoms with Crippen molar-refractivity contribution in [3.63, 3.8) is 0 Å². The zero-order chi connectivity index (χ0) is 12.1. The number of benzene rings is 1. The van der Waals surface area contributed by atoms with Gasteiger partial charge in [0.15, 0.2) is 6.04 Å². The Balaban J connectivity index is 3.05. The molecule has 1 amide bonds. The molecule has 0 bridgehead atoms. The average Bonchev–Trinajstić information content (AvgIpc) is 2.25. The van der Waals surface area contributed by atoms with E-state index in [2.05, 4.69) is 0 Å². The second-order valence-corrected chi connectivity index (χ2v) is 3.37. The normalized spacial score (nSPS) is 13.9. The van der Waals surface area contributed by atoms with E-state index >= 15 is 0 Å². The molecule has 1 aromatic carbocycles.